The predicted octanol–water partition coefficient (Wildman–Crippen LogP) is 4.42. The van der Waals surface area contributed by atoms with E-state index in [9.17, 15) is 15.0 Å². The highest BCUT2D eigenvalue weighted by molar-refractivity contribution is 5.90. The van der Waals surface area contributed by atoms with Crippen LogP contribution in [0.3, 0.4) is 0 Å². The van der Waals surface area contributed by atoms with Crippen LogP contribution in [0.4, 0.5) is 0 Å². The number of phenolic OH excluding ortho intramolecular Hbond substituents is 2. The smallest absolute Gasteiger partial charge is 0.154 e. The van der Waals surface area contributed by atoms with E-state index in [1.54, 1.807) is 14.0 Å². The molecule has 1 fully saturated rings. The molecule has 2 atom stereocenters. The van der Waals surface area contributed by atoms with E-state index < -0.39 is 0 Å². The number of carbonyl (C=O) groups excluding carboxylic acids is 1. The first-order valence-corrected chi connectivity index (χ1v) is 8.25. The summed E-state index contributed by atoms with van der Waals surface area (Å²) in [6.45, 7) is 6.07. The molecule has 0 bridgehead atoms. The van der Waals surface area contributed by atoms with Crippen LogP contribution in [0.1, 0.15) is 61.0 Å². The Morgan fingerprint density at radius 2 is 2.04 bits per heavy atom. The van der Waals surface area contributed by atoms with Gasteiger partial charge in [0.15, 0.2) is 6.29 Å². The second-order valence-corrected chi connectivity index (χ2v) is 6.37. The Hall–Kier alpha value is -1.97. The van der Waals surface area contributed by atoms with Crippen molar-refractivity contribution in [1.82, 2.24) is 0 Å². The predicted molar refractivity (Wildman–Crippen MR) is 90.6 cm³/mol. The van der Waals surface area contributed by atoms with Crippen LogP contribution in [-0.2, 0) is 4.74 Å². The third-order valence-corrected chi connectivity index (χ3v) is 5.04. The van der Waals surface area contributed by atoms with Gasteiger partial charge in [-0.25, -0.2) is 0 Å². The van der Waals surface area contributed by atoms with E-state index >= 15 is 0 Å². The molecular formula is C19H26O4. The van der Waals surface area contributed by atoms with Gasteiger partial charge in [-0.3, -0.25) is 4.79 Å². The fourth-order valence-corrected chi connectivity index (χ4v) is 3.77. The highest BCUT2D eigenvalue weighted by Crippen LogP contribution is 2.44. The zero-order chi connectivity index (χ0) is 17.1. The van der Waals surface area contributed by atoms with E-state index in [-0.39, 0.29) is 17.1 Å². The Morgan fingerprint density at radius 1 is 1.35 bits per heavy atom. The average Bonchev–Trinajstić information content (AvgIpc) is 2.53. The molecule has 0 aliphatic heterocycles. The molecule has 4 nitrogen and oxygen atoms in total. The fourth-order valence-electron chi connectivity index (χ4n) is 3.77. The fraction of sp³-hybridized carbons (Fsp3) is 0.526. The SMILES string of the molecule is CCC1CCCC(C)/C1=C(/OC)c1c(C)c(O)cc(O)c1C=O. The van der Waals surface area contributed by atoms with E-state index in [1.165, 1.54) is 18.1 Å². The molecule has 2 unspecified atom stereocenters. The van der Waals surface area contributed by atoms with Crippen molar-refractivity contribution in [2.45, 2.75) is 46.5 Å². The number of methoxy groups -OCH3 is 1. The van der Waals surface area contributed by atoms with Gasteiger partial charge in [0.2, 0.25) is 0 Å². The number of allylic oxidation sites excluding steroid dienone is 1. The van der Waals surface area contributed by atoms with E-state index in [1.807, 2.05) is 0 Å². The lowest BCUT2D eigenvalue weighted by atomic mass is 9.74. The molecule has 126 valence electrons. The van der Waals surface area contributed by atoms with Crippen molar-refractivity contribution in [1.29, 1.82) is 0 Å². The van der Waals surface area contributed by atoms with Crippen molar-refractivity contribution >= 4 is 12.0 Å². The third-order valence-electron chi connectivity index (χ3n) is 5.04. The third kappa shape index (κ3) is 3.07. The van der Waals surface area contributed by atoms with Crippen molar-refractivity contribution in [2.24, 2.45) is 11.8 Å². The maximum atomic E-state index is 11.5. The monoisotopic (exact) mass is 318 g/mol. The standard InChI is InChI=1S/C19H26O4/c1-5-13-8-6-7-11(2)17(13)19(23-4)18-12(3)15(21)9-16(22)14(18)10-20/h9-11,13,21-22H,5-8H2,1-4H3/b19-17-. The second-order valence-electron chi connectivity index (χ2n) is 6.37. The summed E-state index contributed by atoms with van der Waals surface area (Å²) >= 11 is 0. The van der Waals surface area contributed by atoms with Gasteiger partial charge < -0.3 is 14.9 Å². The molecule has 1 saturated carbocycles. The van der Waals surface area contributed by atoms with Crippen LogP contribution in [0.25, 0.3) is 5.76 Å². The van der Waals surface area contributed by atoms with Gasteiger partial charge in [-0.05, 0) is 43.6 Å². The lowest BCUT2D eigenvalue weighted by Gasteiger charge is -2.32. The summed E-state index contributed by atoms with van der Waals surface area (Å²) in [5.41, 5.74) is 2.44. The summed E-state index contributed by atoms with van der Waals surface area (Å²) in [6, 6.07) is 1.21. The summed E-state index contributed by atoms with van der Waals surface area (Å²) in [7, 11) is 1.59. The highest BCUT2D eigenvalue weighted by Gasteiger charge is 2.30. The molecule has 23 heavy (non-hydrogen) atoms. The van der Waals surface area contributed by atoms with Gasteiger partial charge in [-0.1, -0.05) is 20.3 Å². The Labute approximate surface area is 137 Å². The van der Waals surface area contributed by atoms with Crippen LogP contribution >= 0.6 is 0 Å². The summed E-state index contributed by atoms with van der Waals surface area (Å²) in [5, 5.41) is 20.1. The zero-order valence-corrected chi connectivity index (χ0v) is 14.3. The number of carbonyl (C=O) groups is 1. The number of rotatable bonds is 4. The molecule has 1 aromatic rings. The van der Waals surface area contributed by atoms with E-state index in [0.29, 0.717) is 35.0 Å². The van der Waals surface area contributed by atoms with E-state index in [0.717, 1.165) is 19.3 Å². The van der Waals surface area contributed by atoms with Crippen LogP contribution in [0.15, 0.2) is 11.6 Å². The normalized spacial score (nSPS) is 23.5. The van der Waals surface area contributed by atoms with Crippen molar-refractivity contribution in [3.05, 3.63) is 28.3 Å². The Morgan fingerprint density at radius 3 is 2.61 bits per heavy atom. The van der Waals surface area contributed by atoms with E-state index in [4.69, 9.17) is 4.74 Å². The van der Waals surface area contributed by atoms with Gasteiger partial charge in [0, 0.05) is 17.2 Å². The molecule has 2 N–H and O–H groups in total. The van der Waals surface area contributed by atoms with Crippen LogP contribution in [-0.4, -0.2) is 23.6 Å². The van der Waals surface area contributed by atoms with Crippen LogP contribution < -0.4 is 0 Å². The number of benzene rings is 1. The highest BCUT2D eigenvalue weighted by atomic mass is 16.5. The maximum absolute atomic E-state index is 11.5. The Balaban J connectivity index is 2.79. The number of phenols is 2. The molecule has 0 heterocycles. The number of hydrogen-bond donors (Lipinski definition) is 2. The quantitative estimate of drug-likeness (QED) is 0.637. The van der Waals surface area contributed by atoms with Crippen LogP contribution in [0.5, 0.6) is 11.5 Å². The summed E-state index contributed by atoms with van der Waals surface area (Å²) in [4.78, 5) is 11.5. The molecule has 0 amide bonds. The molecule has 0 radical (unpaired) electrons. The summed E-state index contributed by atoms with van der Waals surface area (Å²) < 4.78 is 5.71. The van der Waals surface area contributed by atoms with Gasteiger partial charge in [0.05, 0.1) is 12.7 Å². The molecule has 4 heteroatoms. The van der Waals surface area contributed by atoms with Gasteiger partial charge in [0.25, 0.3) is 0 Å². The minimum absolute atomic E-state index is 0.0326. The minimum atomic E-state index is -0.218. The molecule has 1 aromatic carbocycles. The number of aldehydes is 1. The second kappa shape index (κ2) is 7.07. The van der Waals surface area contributed by atoms with E-state index in [2.05, 4.69) is 13.8 Å². The molecule has 0 spiro atoms. The van der Waals surface area contributed by atoms with Crippen LogP contribution in [0, 0.1) is 18.8 Å². The molecular weight excluding hydrogens is 292 g/mol. The Bertz CT molecular complexity index is 631. The van der Waals surface area contributed by atoms with Crippen molar-refractivity contribution < 1.29 is 19.7 Å². The number of aromatic hydroxyl groups is 2. The lowest BCUT2D eigenvalue weighted by Crippen LogP contribution is -2.20. The van der Waals surface area contributed by atoms with Gasteiger partial charge in [-0.15, -0.1) is 0 Å². The van der Waals surface area contributed by atoms with Gasteiger partial charge in [-0.2, -0.15) is 0 Å². The van der Waals surface area contributed by atoms with Crippen molar-refractivity contribution in [3.63, 3.8) is 0 Å². The lowest BCUT2D eigenvalue weighted by molar-refractivity contribution is 0.112. The number of ether oxygens (including phenoxy) is 1. The van der Waals surface area contributed by atoms with Crippen LogP contribution in [0.2, 0.25) is 0 Å². The first kappa shape index (κ1) is 17.4. The summed E-state index contributed by atoms with van der Waals surface area (Å²) in [6.07, 6.45) is 5.01. The topological polar surface area (TPSA) is 66.8 Å². The molecule has 0 saturated heterocycles. The summed E-state index contributed by atoms with van der Waals surface area (Å²) in [5.74, 6) is 1.14. The molecule has 1 aliphatic carbocycles. The van der Waals surface area contributed by atoms with Gasteiger partial charge in [0.1, 0.15) is 17.3 Å². The minimum Gasteiger partial charge on any atom is -0.508 e. The zero-order valence-electron chi connectivity index (χ0n) is 14.3. The first-order valence-electron chi connectivity index (χ1n) is 8.25. The number of hydrogen-bond acceptors (Lipinski definition) is 4. The van der Waals surface area contributed by atoms with Crippen molar-refractivity contribution in [3.8, 4) is 11.5 Å². The molecule has 0 aromatic heterocycles. The van der Waals surface area contributed by atoms with Gasteiger partial charge >= 0.3 is 0 Å². The molecule has 2 rings (SSSR count). The largest absolute Gasteiger partial charge is 0.508 e. The first-order chi connectivity index (χ1) is 11.0. The van der Waals surface area contributed by atoms with Crippen molar-refractivity contribution in [2.75, 3.05) is 7.11 Å². The average molecular weight is 318 g/mol. The Kier molecular flexibility index (Phi) is 5.34. The maximum Gasteiger partial charge on any atom is 0.154 e. The molecule has 1 aliphatic rings.